The molecule has 6 nitrogen and oxygen atoms in total. The second-order valence-electron chi connectivity index (χ2n) is 9.36. The van der Waals surface area contributed by atoms with E-state index in [1.165, 1.54) is 36.7 Å². The predicted octanol–water partition coefficient (Wildman–Crippen LogP) is 3.63. The zero-order valence-corrected chi connectivity index (χ0v) is 18.4. The molecule has 1 aromatic carbocycles. The number of aromatic nitrogens is 2. The van der Waals surface area contributed by atoms with Crippen molar-refractivity contribution in [3.63, 3.8) is 0 Å². The van der Waals surface area contributed by atoms with Crippen LogP contribution in [0.5, 0.6) is 0 Å². The fourth-order valence-electron chi connectivity index (χ4n) is 4.83. The molecule has 33 heavy (non-hydrogen) atoms. The van der Waals surface area contributed by atoms with Gasteiger partial charge in [-0.25, -0.2) is 8.78 Å². The average molecular weight is 453 g/mol. The number of amides is 1. The lowest BCUT2D eigenvalue weighted by atomic mass is 9.83. The lowest BCUT2D eigenvalue weighted by Crippen LogP contribution is -2.59. The first-order chi connectivity index (χ1) is 15.7. The number of likely N-dealkylation sites (tertiary alicyclic amines) is 1. The van der Waals surface area contributed by atoms with E-state index in [1.807, 2.05) is 12.1 Å². The van der Waals surface area contributed by atoms with Gasteiger partial charge >= 0.3 is 0 Å². The molecule has 2 aromatic heterocycles. The third-order valence-corrected chi connectivity index (χ3v) is 7.21. The van der Waals surface area contributed by atoms with E-state index in [1.54, 1.807) is 17.9 Å². The molecule has 3 N–H and O–H groups in total. The van der Waals surface area contributed by atoms with Gasteiger partial charge in [0.1, 0.15) is 5.54 Å². The van der Waals surface area contributed by atoms with Crippen molar-refractivity contribution in [3.05, 3.63) is 75.8 Å². The molecule has 1 unspecified atom stereocenters. The highest BCUT2D eigenvalue weighted by Gasteiger charge is 2.51. The third-order valence-electron chi connectivity index (χ3n) is 7.21. The fourth-order valence-corrected chi connectivity index (χ4v) is 4.83. The number of benzene rings is 1. The number of hydrogen-bond donors (Lipinski definition) is 2. The molecule has 1 saturated heterocycles. The van der Waals surface area contributed by atoms with Crippen molar-refractivity contribution < 1.29 is 13.6 Å². The number of carbonyl (C=O) groups is 1. The molecular weight excluding hydrogens is 426 g/mol. The standard InChI is InChI=1S/C25H26F2N4O2/c1-24(23(28)33,21-8-5-17-12-16(15-2-3-15)4-7-20(17)30-21)31-11-10-25(26,27)19(14-31)18-6-9-22(32)29-13-18/h4-9,12-13,15,19H,2-3,10-11,14H2,1H3,(H2,28,33)(H,29,32)/t19-,24?/m1/s1. The number of H-pyrrole nitrogens is 1. The summed E-state index contributed by atoms with van der Waals surface area (Å²) in [5.41, 5.74) is 6.93. The van der Waals surface area contributed by atoms with Gasteiger partial charge in [-0.05, 0) is 55.0 Å². The van der Waals surface area contributed by atoms with E-state index in [0.717, 1.165) is 10.9 Å². The SMILES string of the molecule is CC(C(N)=O)(c1ccc2cc(C3CC3)ccc2n1)N1CCC(F)(F)[C@@H](c2ccc(=O)[nH]c2)C1. The van der Waals surface area contributed by atoms with E-state index in [0.29, 0.717) is 17.2 Å². The first kappa shape index (κ1) is 21.7. The molecular formula is C25H26F2N4O2. The summed E-state index contributed by atoms with van der Waals surface area (Å²) in [6, 6.07) is 12.5. The quantitative estimate of drug-likeness (QED) is 0.619. The number of piperidine rings is 1. The lowest BCUT2D eigenvalue weighted by Gasteiger charge is -2.46. The van der Waals surface area contributed by atoms with Gasteiger partial charge in [-0.2, -0.15) is 0 Å². The van der Waals surface area contributed by atoms with E-state index in [-0.39, 0.29) is 18.6 Å². The van der Waals surface area contributed by atoms with E-state index in [2.05, 4.69) is 17.1 Å². The molecule has 3 aromatic rings. The van der Waals surface area contributed by atoms with Crippen molar-refractivity contribution >= 4 is 16.8 Å². The second-order valence-corrected chi connectivity index (χ2v) is 9.36. The van der Waals surface area contributed by atoms with Crippen LogP contribution < -0.4 is 11.3 Å². The fraction of sp³-hybridized carbons (Fsp3) is 0.400. The number of fused-ring (bicyclic) bond motifs is 1. The van der Waals surface area contributed by atoms with Crippen LogP contribution in [-0.4, -0.2) is 39.8 Å². The van der Waals surface area contributed by atoms with Crippen molar-refractivity contribution in [2.45, 2.75) is 49.5 Å². The Labute approximate surface area is 189 Å². The second kappa shape index (κ2) is 7.73. The van der Waals surface area contributed by atoms with Crippen LogP contribution >= 0.6 is 0 Å². The van der Waals surface area contributed by atoms with Gasteiger partial charge in [-0.1, -0.05) is 18.2 Å². The maximum absolute atomic E-state index is 14.9. The zero-order valence-electron chi connectivity index (χ0n) is 18.4. The minimum Gasteiger partial charge on any atom is -0.368 e. The first-order valence-electron chi connectivity index (χ1n) is 11.2. The Morgan fingerprint density at radius 3 is 2.61 bits per heavy atom. The molecule has 2 atom stereocenters. The predicted molar refractivity (Wildman–Crippen MR) is 121 cm³/mol. The van der Waals surface area contributed by atoms with Crippen molar-refractivity contribution in [1.82, 2.24) is 14.9 Å². The largest absolute Gasteiger partial charge is 0.368 e. The third kappa shape index (κ3) is 3.82. The van der Waals surface area contributed by atoms with Crippen molar-refractivity contribution in [2.75, 3.05) is 13.1 Å². The Balaban J connectivity index is 1.51. The van der Waals surface area contributed by atoms with E-state index >= 15 is 0 Å². The van der Waals surface area contributed by atoms with Crippen LogP contribution in [0.25, 0.3) is 10.9 Å². The number of alkyl halides is 2. The van der Waals surface area contributed by atoms with Crippen LogP contribution in [0, 0.1) is 0 Å². The highest BCUT2D eigenvalue weighted by Crippen LogP contribution is 2.44. The normalized spacial score (nSPS) is 22.7. The van der Waals surface area contributed by atoms with Crippen LogP contribution in [0.15, 0.2) is 53.5 Å². The number of halogens is 2. The molecule has 1 amide bonds. The van der Waals surface area contributed by atoms with Crippen LogP contribution in [0.2, 0.25) is 0 Å². The molecule has 1 aliphatic heterocycles. The van der Waals surface area contributed by atoms with Gasteiger partial charge in [0.2, 0.25) is 11.5 Å². The molecule has 0 radical (unpaired) electrons. The molecule has 0 spiro atoms. The molecule has 2 fully saturated rings. The van der Waals surface area contributed by atoms with Gasteiger partial charge in [0.25, 0.3) is 5.92 Å². The summed E-state index contributed by atoms with van der Waals surface area (Å²) in [6.07, 6.45) is 3.29. The number of carbonyl (C=O) groups excluding carboxylic acids is 1. The molecule has 5 rings (SSSR count). The number of primary amides is 1. The summed E-state index contributed by atoms with van der Waals surface area (Å²) in [5.74, 6) is -4.20. The van der Waals surface area contributed by atoms with Crippen LogP contribution in [0.1, 0.15) is 54.8 Å². The Morgan fingerprint density at radius 1 is 1.18 bits per heavy atom. The van der Waals surface area contributed by atoms with Crippen molar-refractivity contribution in [2.24, 2.45) is 5.73 Å². The topological polar surface area (TPSA) is 92.1 Å². The summed E-state index contributed by atoms with van der Waals surface area (Å²) in [5, 5.41) is 0.978. The van der Waals surface area contributed by atoms with Gasteiger partial charge in [0.15, 0.2) is 0 Å². The maximum Gasteiger partial charge on any atom is 0.257 e. The van der Waals surface area contributed by atoms with Crippen molar-refractivity contribution in [1.29, 1.82) is 0 Å². The van der Waals surface area contributed by atoms with Gasteiger partial charge < -0.3 is 10.7 Å². The minimum absolute atomic E-state index is 0.00731. The van der Waals surface area contributed by atoms with Gasteiger partial charge in [-0.3, -0.25) is 19.5 Å². The number of nitrogens with zero attached hydrogens (tertiary/aromatic N) is 2. The van der Waals surface area contributed by atoms with Gasteiger partial charge in [0.05, 0.1) is 17.1 Å². The Bertz CT molecular complexity index is 1270. The Hall–Kier alpha value is -3.13. The number of hydrogen-bond acceptors (Lipinski definition) is 4. The number of pyridine rings is 2. The summed E-state index contributed by atoms with van der Waals surface area (Å²) in [6.45, 7) is 1.54. The lowest BCUT2D eigenvalue weighted by molar-refractivity contribution is -0.139. The van der Waals surface area contributed by atoms with Crippen LogP contribution in [0.4, 0.5) is 8.78 Å². The van der Waals surface area contributed by atoms with Crippen LogP contribution in [-0.2, 0) is 10.3 Å². The molecule has 8 heteroatoms. The molecule has 3 heterocycles. The molecule has 2 aliphatic rings. The summed E-state index contributed by atoms with van der Waals surface area (Å²) in [4.78, 5) is 33.1. The minimum atomic E-state index is -2.98. The highest BCUT2D eigenvalue weighted by atomic mass is 19.3. The highest BCUT2D eigenvalue weighted by molar-refractivity contribution is 5.87. The Morgan fingerprint density at radius 2 is 1.94 bits per heavy atom. The number of aromatic amines is 1. The summed E-state index contributed by atoms with van der Waals surface area (Å²) < 4.78 is 29.8. The summed E-state index contributed by atoms with van der Waals surface area (Å²) >= 11 is 0. The average Bonchev–Trinajstić information content (AvgIpc) is 3.64. The number of nitrogens with one attached hydrogen (secondary N) is 1. The van der Waals surface area contributed by atoms with Crippen molar-refractivity contribution in [3.8, 4) is 0 Å². The van der Waals surface area contributed by atoms with Gasteiger partial charge in [-0.15, -0.1) is 0 Å². The summed E-state index contributed by atoms with van der Waals surface area (Å²) in [7, 11) is 0. The number of rotatable bonds is 5. The molecule has 1 saturated carbocycles. The monoisotopic (exact) mass is 452 g/mol. The maximum atomic E-state index is 14.9. The molecule has 0 bridgehead atoms. The van der Waals surface area contributed by atoms with Gasteiger partial charge in [0, 0.05) is 37.2 Å². The molecule has 1 aliphatic carbocycles. The smallest absolute Gasteiger partial charge is 0.257 e. The first-order valence-corrected chi connectivity index (χ1v) is 11.2. The number of nitrogens with two attached hydrogens (primary N) is 1. The van der Waals surface area contributed by atoms with E-state index in [9.17, 15) is 18.4 Å². The van der Waals surface area contributed by atoms with E-state index < -0.39 is 29.7 Å². The Kier molecular flexibility index (Phi) is 5.08. The zero-order chi connectivity index (χ0) is 23.4. The van der Waals surface area contributed by atoms with Crippen LogP contribution in [0.3, 0.4) is 0 Å². The van der Waals surface area contributed by atoms with E-state index in [4.69, 9.17) is 10.7 Å². The molecule has 172 valence electrons.